The van der Waals surface area contributed by atoms with E-state index in [9.17, 15) is 10.2 Å². The van der Waals surface area contributed by atoms with Crippen LogP contribution in [0.3, 0.4) is 0 Å². The molecule has 0 aliphatic heterocycles. The molecule has 152 valence electrons. The lowest BCUT2D eigenvalue weighted by Crippen LogP contribution is -2.22. The van der Waals surface area contributed by atoms with Crippen LogP contribution in [-0.4, -0.2) is 28.1 Å². The molecule has 2 atom stereocenters. The van der Waals surface area contributed by atoms with Gasteiger partial charge in [-0.3, -0.25) is 0 Å². The maximum Gasteiger partial charge on any atom is 0.226 e. The second-order valence-electron chi connectivity index (χ2n) is 7.76. The molecular weight excluding hydrogens is 366 g/mol. The van der Waals surface area contributed by atoms with E-state index in [1.807, 2.05) is 50.2 Å². The van der Waals surface area contributed by atoms with E-state index in [0.717, 1.165) is 35.6 Å². The molecule has 0 saturated heterocycles. The Balaban J connectivity index is 1.38. The van der Waals surface area contributed by atoms with Gasteiger partial charge in [-0.25, -0.2) is 4.98 Å². The summed E-state index contributed by atoms with van der Waals surface area (Å²) in [4.78, 5) is 4.62. The molecule has 3 aromatic rings. The number of benzene rings is 2. The molecule has 0 bridgehead atoms. The molecule has 0 radical (unpaired) electrons. The number of ether oxygens (including phenoxy) is 1. The first-order valence-electron chi connectivity index (χ1n) is 10.2. The summed E-state index contributed by atoms with van der Waals surface area (Å²) in [5.41, 5.74) is 4.33. The zero-order valence-corrected chi connectivity index (χ0v) is 16.8. The highest BCUT2D eigenvalue weighted by atomic mass is 16.5. The molecule has 5 heteroatoms. The monoisotopic (exact) mass is 393 g/mol. The third kappa shape index (κ3) is 4.21. The van der Waals surface area contributed by atoms with Gasteiger partial charge in [0.1, 0.15) is 11.5 Å². The minimum Gasteiger partial charge on any atom is -0.493 e. The average Bonchev–Trinajstić information content (AvgIpc) is 3.31. The first-order chi connectivity index (χ1) is 14.0. The highest BCUT2D eigenvalue weighted by Gasteiger charge is 2.30. The number of aliphatic hydroxyl groups excluding tert-OH is 1. The summed E-state index contributed by atoms with van der Waals surface area (Å²) in [5, 5.41) is 19.0. The van der Waals surface area contributed by atoms with Crippen LogP contribution in [0.4, 0.5) is 0 Å². The molecule has 0 amide bonds. The number of hydrogen-bond acceptors (Lipinski definition) is 5. The maximum atomic E-state index is 9.50. The van der Waals surface area contributed by atoms with Crippen molar-refractivity contribution < 1.29 is 19.4 Å². The highest BCUT2D eigenvalue weighted by Crippen LogP contribution is 2.40. The van der Waals surface area contributed by atoms with Crippen molar-refractivity contribution in [3.05, 3.63) is 71.1 Å². The first-order valence-corrected chi connectivity index (χ1v) is 10.2. The van der Waals surface area contributed by atoms with Crippen molar-refractivity contribution >= 4 is 0 Å². The predicted octanol–water partition coefficient (Wildman–Crippen LogP) is 4.25. The molecule has 0 saturated carbocycles. The molecule has 0 spiro atoms. The molecule has 29 heavy (non-hydrogen) atoms. The van der Waals surface area contributed by atoms with E-state index in [-0.39, 0.29) is 11.8 Å². The number of oxazole rings is 1. The van der Waals surface area contributed by atoms with Crippen LogP contribution in [0.1, 0.15) is 41.8 Å². The van der Waals surface area contributed by atoms with Crippen molar-refractivity contribution in [2.45, 2.75) is 45.3 Å². The SMILES string of the molecule is Cc1oc(-c2ccccc2)nc1CCOc1ccc2c(c1)CC[C@@H]2[C@@H](C)C(O)O. The number of nitrogens with zero attached hydrogens (tertiary/aromatic N) is 1. The van der Waals surface area contributed by atoms with Crippen molar-refractivity contribution in [2.75, 3.05) is 6.61 Å². The summed E-state index contributed by atoms with van der Waals surface area (Å²) in [6.07, 6.45) is 1.28. The van der Waals surface area contributed by atoms with Crippen LogP contribution in [0.15, 0.2) is 52.9 Å². The second kappa shape index (κ2) is 8.39. The molecule has 1 aromatic heterocycles. The summed E-state index contributed by atoms with van der Waals surface area (Å²) in [6.45, 7) is 4.34. The average molecular weight is 393 g/mol. The number of rotatable bonds is 7. The Morgan fingerprint density at radius 1 is 1.17 bits per heavy atom. The Labute approximate surface area is 171 Å². The van der Waals surface area contributed by atoms with Crippen molar-refractivity contribution in [2.24, 2.45) is 5.92 Å². The van der Waals surface area contributed by atoms with Gasteiger partial charge in [0.15, 0.2) is 6.29 Å². The largest absolute Gasteiger partial charge is 0.493 e. The molecular formula is C24H27NO4. The zero-order valence-electron chi connectivity index (χ0n) is 16.8. The van der Waals surface area contributed by atoms with Gasteiger partial charge in [0.05, 0.1) is 12.3 Å². The Morgan fingerprint density at radius 3 is 2.72 bits per heavy atom. The number of fused-ring (bicyclic) bond motifs is 1. The first kappa shape index (κ1) is 19.7. The highest BCUT2D eigenvalue weighted by molar-refractivity contribution is 5.53. The number of aliphatic hydroxyl groups is 2. The van der Waals surface area contributed by atoms with Crippen LogP contribution >= 0.6 is 0 Å². The Bertz CT molecular complexity index is 964. The fraction of sp³-hybridized carbons (Fsp3) is 0.375. The van der Waals surface area contributed by atoms with Gasteiger partial charge >= 0.3 is 0 Å². The third-order valence-electron chi connectivity index (χ3n) is 5.86. The summed E-state index contributed by atoms with van der Waals surface area (Å²) >= 11 is 0. The van der Waals surface area contributed by atoms with Gasteiger partial charge in [0.25, 0.3) is 0 Å². The fourth-order valence-corrected chi connectivity index (χ4v) is 4.10. The van der Waals surface area contributed by atoms with Crippen molar-refractivity contribution in [1.82, 2.24) is 4.98 Å². The van der Waals surface area contributed by atoms with Gasteiger partial charge in [0, 0.05) is 17.9 Å². The molecule has 5 nitrogen and oxygen atoms in total. The summed E-state index contributed by atoms with van der Waals surface area (Å²) < 4.78 is 11.8. The van der Waals surface area contributed by atoms with Gasteiger partial charge < -0.3 is 19.4 Å². The van der Waals surface area contributed by atoms with Gasteiger partial charge in [-0.15, -0.1) is 0 Å². The van der Waals surface area contributed by atoms with Crippen LogP contribution in [0.2, 0.25) is 0 Å². The lowest BCUT2D eigenvalue weighted by Gasteiger charge is -2.22. The van der Waals surface area contributed by atoms with Crippen molar-refractivity contribution in [1.29, 1.82) is 0 Å². The Morgan fingerprint density at radius 2 is 1.97 bits per heavy atom. The van der Waals surface area contributed by atoms with E-state index in [2.05, 4.69) is 17.1 Å². The Kier molecular flexibility index (Phi) is 5.69. The topological polar surface area (TPSA) is 75.7 Å². The Hall–Kier alpha value is -2.63. The van der Waals surface area contributed by atoms with Crippen LogP contribution < -0.4 is 4.74 Å². The van der Waals surface area contributed by atoms with E-state index < -0.39 is 6.29 Å². The normalized spacial score (nSPS) is 16.8. The molecule has 1 aliphatic carbocycles. The fourth-order valence-electron chi connectivity index (χ4n) is 4.10. The summed E-state index contributed by atoms with van der Waals surface area (Å²) in [5.74, 6) is 2.32. The van der Waals surface area contributed by atoms with Crippen molar-refractivity contribution in [3.8, 4) is 17.2 Å². The van der Waals surface area contributed by atoms with Crippen LogP contribution in [0.25, 0.3) is 11.5 Å². The lowest BCUT2D eigenvalue weighted by atomic mass is 9.88. The van der Waals surface area contributed by atoms with Gasteiger partial charge in [-0.05, 0) is 61.1 Å². The quantitative estimate of drug-likeness (QED) is 0.587. The molecule has 1 heterocycles. The van der Waals surface area contributed by atoms with E-state index in [4.69, 9.17) is 9.15 Å². The lowest BCUT2D eigenvalue weighted by molar-refractivity contribution is -0.0854. The minimum atomic E-state index is -1.28. The molecule has 4 rings (SSSR count). The summed E-state index contributed by atoms with van der Waals surface area (Å²) in [6, 6.07) is 16.0. The standard InChI is InChI=1S/C24H27NO4/c1-15(24(26)27)20-10-8-18-14-19(9-11-21(18)20)28-13-12-22-16(2)29-23(25-22)17-6-4-3-5-7-17/h3-7,9,11,14-15,20,24,26-27H,8,10,12-13H2,1-2H3/t15-,20-/m1/s1. The maximum absolute atomic E-state index is 9.50. The smallest absolute Gasteiger partial charge is 0.226 e. The molecule has 2 N–H and O–H groups in total. The second-order valence-corrected chi connectivity index (χ2v) is 7.76. The van der Waals surface area contributed by atoms with Gasteiger partial charge in [-0.2, -0.15) is 0 Å². The number of aryl methyl sites for hydroxylation is 2. The minimum absolute atomic E-state index is 0.169. The predicted molar refractivity (Wildman–Crippen MR) is 111 cm³/mol. The van der Waals surface area contributed by atoms with E-state index in [0.29, 0.717) is 18.9 Å². The van der Waals surface area contributed by atoms with Crippen LogP contribution in [0, 0.1) is 12.8 Å². The molecule has 2 aromatic carbocycles. The zero-order chi connectivity index (χ0) is 20.4. The molecule has 0 unspecified atom stereocenters. The number of aromatic nitrogens is 1. The van der Waals surface area contributed by atoms with Gasteiger partial charge in [0.2, 0.25) is 5.89 Å². The number of hydrogen-bond donors (Lipinski definition) is 2. The summed E-state index contributed by atoms with van der Waals surface area (Å²) in [7, 11) is 0. The van der Waals surface area contributed by atoms with Crippen LogP contribution in [0.5, 0.6) is 5.75 Å². The third-order valence-corrected chi connectivity index (χ3v) is 5.86. The van der Waals surface area contributed by atoms with E-state index in [1.165, 1.54) is 11.1 Å². The van der Waals surface area contributed by atoms with E-state index in [1.54, 1.807) is 0 Å². The molecule has 0 fully saturated rings. The van der Waals surface area contributed by atoms with E-state index >= 15 is 0 Å². The van der Waals surface area contributed by atoms with Crippen molar-refractivity contribution in [3.63, 3.8) is 0 Å². The van der Waals surface area contributed by atoms with Crippen LogP contribution in [-0.2, 0) is 12.8 Å². The molecule has 1 aliphatic rings. The van der Waals surface area contributed by atoms with Gasteiger partial charge in [-0.1, -0.05) is 31.2 Å².